The molecule has 0 bridgehead atoms. The normalized spacial score (nSPS) is 23.0. The number of nitrogens with one attached hydrogen (secondary N) is 1. The number of fused-ring (bicyclic) bond motifs is 1. The number of amides is 2. The molecule has 0 radical (unpaired) electrons. The van der Waals surface area contributed by atoms with E-state index in [1.807, 2.05) is 12.1 Å². The number of carbonyl (C=O) groups is 2. The Hall–Kier alpha value is -1.88. The van der Waals surface area contributed by atoms with Crippen LogP contribution in [0.15, 0.2) is 18.2 Å². The molecule has 5 heteroatoms. The lowest BCUT2D eigenvalue weighted by molar-refractivity contribution is -0.133. The average molecular weight is 330 g/mol. The standard InChI is InChI=1S/C19H26N2O3/c1-20-18(23)19(13-24-2)10-5-11-21(19)17(22)16-9-8-14-6-3-4-7-15(14)12-16/h8-9,12H,3-7,10-11,13H2,1-2H3,(H,20,23). The van der Waals surface area contributed by atoms with Crippen LogP contribution in [-0.4, -0.2) is 49.6 Å². The maximum absolute atomic E-state index is 13.1. The Kier molecular flexibility index (Phi) is 4.90. The molecular weight excluding hydrogens is 304 g/mol. The number of likely N-dealkylation sites (tertiary alicyclic amines) is 1. The summed E-state index contributed by atoms with van der Waals surface area (Å²) in [4.78, 5) is 27.4. The highest BCUT2D eigenvalue weighted by Gasteiger charge is 2.49. The van der Waals surface area contributed by atoms with Crippen molar-refractivity contribution in [2.75, 3.05) is 27.3 Å². The van der Waals surface area contributed by atoms with E-state index in [9.17, 15) is 9.59 Å². The van der Waals surface area contributed by atoms with E-state index in [1.165, 1.54) is 24.0 Å². The number of hydrogen-bond donors (Lipinski definition) is 1. The Morgan fingerprint density at radius 1 is 1.21 bits per heavy atom. The van der Waals surface area contributed by atoms with E-state index in [0.29, 0.717) is 18.5 Å². The van der Waals surface area contributed by atoms with E-state index < -0.39 is 5.54 Å². The molecule has 5 nitrogen and oxygen atoms in total. The highest BCUT2D eigenvalue weighted by atomic mass is 16.5. The van der Waals surface area contributed by atoms with Crippen molar-refractivity contribution < 1.29 is 14.3 Å². The predicted molar refractivity (Wildman–Crippen MR) is 92.0 cm³/mol. The summed E-state index contributed by atoms with van der Waals surface area (Å²) in [5.41, 5.74) is 2.43. The molecule has 1 saturated heterocycles. The van der Waals surface area contributed by atoms with Crippen molar-refractivity contribution in [3.8, 4) is 0 Å². The molecule has 2 aliphatic rings. The number of ether oxygens (including phenoxy) is 1. The van der Waals surface area contributed by atoms with Gasteiger partial charge in [0.2, 0.25) is 5.91 Å². The summed E-state index contributed by atoms with van der Waals surface area (Å²) >= 11 is 0. The molecule has 1 N–H and O–H groups in total. The van der Waals surface area contributed by atoms with Gasteiger partial charge < -0.3 is 15.0 Å². The molecule has 1 atom stereocenters. The number of benzene rings is 1. The SMILES string of the molecule is CNC(=O)C1(COC)CCCN1C(=O)c1ccc2c(c1)CCCC2. The van der Waals surface area contributed by atoms with Crippen LogP contribution in [0.2, 0.25) is 0 Å². The minimum atomic E-state index is -0.892. The lowest BCUT2D eigenvalue weighted by atomic mass is 9.89. The number of hydrogen-bond acceptors (Lipinski definition) is 3. The van der Waals surface area contributed by atoms with Gasteiger partial charge in [-0.05, 0) is 61.8 Å². The number of likely N-dealkylation sites (N-methyl/N-ethyl adjacent to an activating group) is 1. The van der Waals surface area contributed by atoms with Gasteiger partial charge in [-0.3, -0.25) is 9.59 Å². The Morgan fingerprint density at radius 2 is 1.96 bits per heavy atom. The molecule has 1 heterocycles. The molecule has 0 aromatic heterocycles. The van der Waals surface area contributed by atoms with Crippen molar-refractivity contribution in [1.29, 1.82) is 0 Å². The summed E-state index contributed by atoms with van der Waals surface area (Å²) in [7, 11) is 3.18. The second-order valence-corrected chi connectivity index (χ2v) is 6.79. The summed E-state index contributed by atoms with van der Waals surface area (Å²) in [6, 6.07) is 6.01. The largest absolute Gasteiger partial charge is 0.382 e. The first-order valence-electron chi connectivity index (χ1n) is 8.77. The van der Waals surface area contributed by atoms with E-state index >= 15 is 0 Å². The smallest absolute Gasteiger partial charge is 0.254 e. The quantitative estimate of drug-likeness (QED) is 0.918. The maximum atomic E-state index is 13.1. The molecule has 1 unspecified atom stereocenters. The lowest BCUT2D eigenvalue weighted by Gasteiger charge is -2.36. The Labute approximate surface area is 143 Å². The van der Waals surface area contributed by atoms with Crippen LogP contribution in [0.4, 0.5) is 0 Å². The monoisotopic (exact) mass is 330 g/mol. The summed E-state index contributed by atoms with van der Waals surface area (Å²) in [6.45, 7) is 0.816. The highest BCUT2D eigenvalue weighted by Crippen LogP contribution is 2.32. The number of nitrogens with zero attached hydrogens (tertiary/aromatic N) is 1. The molecule has 2 amide bonds. The van der Waals surface area contributed by atoms with E-state index in [1.54, 1.807) is 19.1 Å². The maximum Gasteiger partial charge on any atom is 0.254 e. The first kappa shape index (κ1) is 17.0. The van der Waals surface area contributed by atoms with Gasteiger partial charge in [-0.25, -0.2) is 0 Å². The van der Waals surface area contributed by atoms with Crippen molar-refractivity contribution in [3.63, 3.8) is 0 Å². The van der Waals surface area contributed by atoms with Gasteiger partial charge in [-0.1, -0.05) is 6.07 Å². The summed E-state index contributed by atoms with van der Waals surface area (Å²) in [5.74, 6) is -0.213. The number of rotatable bonds is 4. The molecular formula is C19H26N2O3. The van der Waals surface area contributed by atoms with Gasteiger partial charge in [0.25, 0.3) is 5.91 Å². The summed E-state index contributed by atoms with van der Waals surface area (Å²) < 4.78 is 5.30. The van der Waals surface area contributed by atoms with Crippen LogP contribution in [0.5, 0.6) is 0 Å². The van der Waals surface area contributed by atoms with Crippen molar-refractivity contribution in [2.24, 2.45) is 0 Å². The zero-order valence-corrected chi connectivity index (χ0v) is 14.6. The predicted octanol–water partition coefficient (Wildman–Crippen LogP) is 1.93. The first-order chi connectivity index (χ1) is 11.6. The van der Waals surface area contributed by atoms with Crippen LogP contribution >= 0.6 is 0 Å². The lowest BCUT2D eigenvalue weighted by Crippen LogP contribution is -2.59. The fourth-order valence-electron chi connectivity index (χ4n) is 4.12. The fraction of sp³-hybridized carbons (Fsp3) is 0.579. The fourth-order valence-corrected chi connectivity index (χ4v) is 4.12. The Morgan fingerprint density at radius 3 is 2.67 bits per heavy atom. The minimum Gasteiger partial charge on any atom is -0.382 e. The second-order valence-electron chi connectivity index (χ2n) is 6.79. The van der Waals surface area contributed by atoms with Gasteiger partial charge >= 0.3 is 0 Å². The van der Waals surface area contributed by atoms with Crippen LogP contribution < -0.4 is 5.32 Å². The van der Waals surface area contributed by atoms with Crippen LogP contribution in [0.3, 0.4) is 0 Å². The van der Waals surface area contributed by atoms with Gasteiger partial charge in [0, 0.05) is 26.3 Å². The molecule has 1 aliphatic carbocycles. The molecule has 130 valence electrons. The highest BCUT2D eigenvalue weighted by molar-refractivity contribution is 6.00. The Bertz CT molecular complexity index is 643. The van der Waals surface area contributed by atoms with Crippen molar-refractivity contribution in [1.82, 2.24) is 10.2 Å². The Balaban J connectivity index is 1.91. The second kappa shape index (κ2) is 6.93. The number of carbonyl (C=O) groups excluding carboxylic acids is 2. The third kappa shape index (κ3) is 2.81. The van der Waals surface area contributed by atoms with E-state index in [0.717, 1.165) is 19.3 Å². The van der Waals surface area contributed by atoms with Crippen LogP contribution in [0.1, 0.15) is 47.2 Å². The zero-order valence-electron chi connectivity index (χ0n) is 14.6. The molecule has 3 rings (SSSR count). The van der Waals surface area contributed by atoms with E-state index in [4.69, 9.17) is 4.74 Å². The molecule has 0 saturated carbocycles. The van der Waals surface area contributed by atoms with Crippen molar-refractivity contribution >= 4 is 11.8 Å². The molecule has 1 aromatic carbocycles. The van der Waals surface area contributed by atoms with Gasteiger partial charge in [0.05, 0.1) is 6.61 Å². The zero-order chi connectivity index (χ0) is 17.2. The van der Waals surface area contributed by atoms with Gasteiger partial charge in [-0.2, -0.15) is 0 Å². The number of aryl methyl sites for hydroxylation is 2. The topological polar surface area (TPSA) is 58.6 Å². The first-order valence-corrected chi connectivity index (χ1v) is 8.77. The van der Waals surface area contributed by atoms with Crippen LogP contribution in [0.25, 0.3) is 0 Å². The minimum absolute atomic E-state index is 0.0680. The molecule has 1 aliphatic heterocycles. The third-order valence-electron chi connectivity index (χ3n) is 5.36. The van der Waals surface area contributed by atoms with E-state index in [2.05, 4.69) is 11.4 Å². The van der Waals surface area contributed by atoms with Crippen LogP contribution in [0, 0.1) is 0 Å². The third-order valence-corrected chi connectivity index (χ3v) is 5.36. The van der Waals surface area contributed by atoms with Gasteiger partial charge in [-0.15, -0.1) is 0 Å². The average Bonchev–Trinajstić information content (AvgIpc) is 3.05. The van der Waals surface area contributed by atoms with Gasteiger partial charge in [0.1, 0.15) is 5.54 Å². The molecule has 1 aromatic rings. The molecule has 1 fully saturated rings. The number of methoxy groups -OCH3 is 1. The molecule has 0 spiro atoms. The van der Waals surface area contributed by atoms with Crippen molar-refractivity contribution in [2.45, 2.75) is 44.1 Å². The summed E-state index contributed by atoms with van der Waals surface area (Å²) in [6.07, 6.45) is 5.99. The summed E-state index contributed by atoms with van der Waals surface area (Å²) in [5, 5.41) is 2.71. The van der Waals surface area contributed by atoms with Gasteiger partial charge in [0.15, 0.2) is 0 Å². The van der Waals surface area contributed by atoms with E-state index in [-0.39, 0.29) is 18.4 Å². The van der Waals surface area contributed by atoms with Crippen molar-refractivity contribution in [3.05, 3.63) is 34.9 Å². The molecule has 24 heavy (non-hydrogen) atoms. The van der Waals surface area contributed by atoms with Crippen LogP contribution in [-0.2, 0) is 22.4 Å².